The van der Waals surface area contributed by atoms with Crippen LogP contribution in [-0.2, 0) is 6.54 Å². The number of anilines is 1. The third-order valence-electron chi connectivity index (χ3n) is 4.17. The van der Waals surface area contributed by atoms with Crippen LogP contribution in [0.1, 0.15) is 30.5 Å². The highest BCUT2D eigenvalue weighted by Gasteiger charge is 2.31. The molecular weight excluding hydrogens is 306 g/mol. The minimum atomic E-state index is 0.0964. The third-order valence-corrected chi connectivity index (χ3v) is 4.17. The Bertz CT molecular complexity index is 820. The molecule has 3 aromatic rings. The van der Waals surface area contributed by atoms with Crippen LogP contribution in [0.4, 0.5) is 5.82 Å². The van der Waals surface area contributed by atoms with Crippen molar-refractivity contribution in [3.05, 3.63) is 48.5 Å². The van der Waals surface area contributed by atoms with Crippen molar-refractivity contribution < 1.29 is 4.52 Å². The zero-order valence-electron chi connectivity index (χ0n) is 13.0. The molecule has 0 aromatic carbocycles. The molecule has 0 radical (unpaired) electrons. The molecule has 4 rings (SSSR count). The normalized spacial score (nSPS) is 18.1. The maximum Gasteiger partial charge on any atom is 0.244 e. The fourth-order valence-corrected chi connectivity index (χ4v) is 2.99. The van der Waals surface area contributed by atoms with Gasteiger partial charge in [0.2, 0.25) is 11.7 Å². The molecule has 8 nitrogen and oxygen atoms in total. The Morgan fingerprint density at radius 2 is 2.25 bits per heavy atom. The van der Waals surface area contributed by atoms with Crippen molar-refractivity contribution in [2.45, 2.75) is 25.4 Å². The van der Waals surface area contributed by atoms with E-state index in [2.05, 4.69) is 30.0 Å². The second-order valence-corrected chi connectivity index (χ2v) is 5.73. The molecule has 0 aliphatic carbocycles. The largest absolute Gasteiger partial charge is 0.383 e. The molecule has 1 aliphatic rings. The molecule has 122 valence electrons. The molecule has 0 saturated carbocycles. The van der Waals surface area contributed by atoms with Crippen LogP contribution in [0.5, 0.6) is 0 Å². The first kappa shape index (κ1) is 14.7. The first-order chi connectivity index (χ1) is 11.8. The second-order valence-electron chi connectivity index (χ2n) is 5.73. The Labute approximate surface area is 138 Å². The van der Waals surface area contributed by atoms with E-state index in [0.29, 0.717) is 23.1 Å². The van der Waals surface area contributed by atoms with Gasteiger partial charge in [-0.3, -0.25) is 9.88 Å². The second kappa shape index (κ2) is 6.32. The summed E-state index contributed by atoms with van der Waals surface area (Å²) < 4.78 is 5.49. The highest BCUT2D eigenvalue weighted by Crippen LogP contribution is 2.33. The minimum absolute atomic E-state index is 0.0964. The highest BCUT2D eigenvalue weighted by molar-refractivity contribution is 5.66. The van der Waals surface area contributed by atoms with E-state index in [-0.39, 0.29) is 6.04 Å². The molecule has 1 aliphatic heterocycles. The molecule has 0 amide bonds. The number of nitrogens with zero attached hydrogens (tertiary/aromatic N) is 6. The van der Waals surface area contributed by atoms with Gasteiger partial charge in [-0.15, -0.1) is 0 Å². The van der Waals surface area contributed by atoms with E-state index in [1.165, 1.54) is 6.33 Å². The molecule has 4 heterocycles. The molecule has 8 heteroatoms. The summed E-state index contributed by atoms with van der Waals surface area (Å²) in [7, 11) is 0. The molecule has 1 saturated heterocycles. The summed E-state index contributed by atoms with van der Waals surface area (Å²) >= 11 is 0. The van der Waals surface area contributed by atoms with Gasteiger partial charge in [0.15, 0.2) is 0 Å². The SMILES string of the molecule is Nc1ncncc1-c1noc([C@@H]2CCCN2Cc2ccccn2)n1. The van der Waals surface area contributed by atoms with Gasteiger partial charge in [-0.2, -0.15) is 4.98 Å². The van der Waals surface area contributed by atoms with Gasteiger partial charge in [-0.25, -0.2) is 9.97 Å². The van der Waals surface area contributed by atoms with Crippen LogP contribution in [0.3, 0.4) is 0 Å². The zero-order chi connectivity index (χ0) is 16.4. The van der Waals surface area contributed by atoms with Crippen LogP contribution in [0, 0.1) is 0 Å². The van der Waals surface area contributed by atoms with Crippen molar-refractivity contribution in [3.8, 4) is 11.4 Å². The Hall–Kier alpha value is -2.87. The number of hydrogen-bond acceptors (Lipinski definition) is 8. The van der Waals surface area contributed by atoms with Gasteiger partial charge in [0.25, 0.3) is 0 Å². The average Bonchev–Trinajstić information content (AvgIpc) is 3.25. The van der Waals surface area contributed by atoms with E-state index in [0.717, 1.165) is 31.6 Å². The van der Waals surface area contributed by atoms with Gasteiger partial charge in [0.05, 0.1) is 17.3 Å². The predicted molar refractivity (Wildman–Crippen MR) is 86.4 cm³/mol. The van der Waals surface area contributed by atoms with Gasteiger partial charge in [-0.05, 0) is 31.5 Å². The summed E-state index contributed by atoms with van der Waals surface area (Å²) in [4.78, 5) is 19.1. The first-order valence-electron chi connectivity index (χ1n) is 7.84. The summed E-state index contributed by atoms with van der Waals surface area (Å²) in [6.45, 7) is 1.75. The molecule has 3 aromatic heterocycles. The molecule has 0 bridgehead atoms. The summed E-state index contributed by atoms with van der Waals surface area (Å²) in [6, 6.07) is 6.04. The van der Waals surface area contributed by atoms with Crippen LogP contribution >= 0.6 is 0 Å². The van der Waals surface area contributed by atoms with E-state index < -0.39 is 0 Å². The first-order valence-corrected chi connectivity index (χ1v) is 7.84. The number of likely N-dealkylation sites (tertiary alicyclic amines) is 1. The molecule has 2 N–H and O–H groups in total. The van der Waals surface area contributed by atoms with E-state index in [1.54, 1.807) is 6.20 Å². The average molecular weight is 323 g/mol. The fraction of sp³-hybridized carbons (Fsp3) is 0.312. The minimum Gasteiger partial charge on any atom is -0.383 e. The third kappa shape index (κ3) is 2.83. The molecule has 0 unspecified atom stereocenters. The number of aromatic nitrogens is 5. The summed E-state index contributed by atoms with van der Waals surface area (Å²) in [5.74, 6) is 1.36. The maximum atomic E-state index is 5.85. The fourth-order valence-electron chi connectivity index (χ4n) is 2.99. The summed E-state index contributed by atoms with van der Waals surface area (Å²) in [5.41, 5.74) is 7.47. The Morgan fingerprint density at radius 1 is 1.29 bits per heavy atom. The smallest absolute Gasteiger partial charge is 0.244 e. The Balaban J connectivity index is 1.56. The molecule has 0 spiro atoms. The van der Waals surface area contributed by atoms with Crippen LogP contribution in [-0.4, -0.2) is 36.5 Å². The number of nitrogens with two attached hydrogens (primary N) is 1. The Morgan fingerprint density at radius 3 is 3.08 bits per heavy atom. The van der Waals surface area contributed by atoms with Crippen LogP contribution in [0.25, 0.3) is 11.4 Å². The van der Waals surface area contributed by atoms with E-state index in [9.17, 15) is 0 Å². The Kier molecular flexibility index (Phi) is 3.87. The quantitative estimate of drug-likeness (QED) is 0.775. The highest BCUT2D eigenvalue weighted by atomic mass is 16.5. The van der Waals surface area contributed by atoms with Crippen LogP contribution in [0.15, 0.2) is 41.4 Å². The predicted octanol–water partition coefficient (Wildman–Crippen LogP) is 1.84. The van der Waals surface area contributed by atoms with Gasteiger partial charge >= 0.3 is 0 Å². The lowest BCUT2D eigenvalue weighted by atomic mass is 10.2. The maximum absolute atomic E-state index is 5.85. The topological polar surface area (TPSA) is 107 Å². The lowest BCUT2D eigenvalue weighted by Crippen LogP contribution is -2.23. The zero-order valence-corrected chi connectivity index (χ0v) is 13.0. The van der Waals surface area contributed by atoms with Crippen molar-refractivity contribution >= 4 is 5.82 Å². The monoisotopic (exact) mass is 323 g/mol. The van der Waals surface area contributed by atoms with Gasteiger partial charge in [0, 0.05) is 18.9 Å². The lowest BCUT2D eigenvalue weighted by Gasteiger charge is -2.20. The van der Waals surface area contributed by atoms with Crippen molar-refractivity contribution in [1.29, 1.82) is 0 Å². The van der Waals surface area contributed by atoms with Gasteiger partial charge in [0.1, 0.15) is 12.1 Å². The molecular formula is C16H17N7O. The van der Waals surface area contributed by atoms with E-state index in [4.69, 9.17) is 10.3 Å². The summed E-state index contributed by atoms with van der Waals surface area (Å²) in [6.07, 6.45) is 6.87. The van der Waals surface area contributed by atoms with Crippen molar-refractivity contribution in [3.63, 3.8) is 0 Å². The molecule has 1 fully saturated rings. The van der Waals surface area contributed by atoms with E-state index >= 15 is 0 Å². The van der Waals surface area contributed by atoms with Crippen LogP contribution < -0.4 is 5.73 Å². The molecule has 1 atom stereocenters. The lowest BCUT2D eigenvalue weighted by molar-refractivity contribution is 0.199. The number of rotatable bonds is 4. The number of pyridine rings is 1. The summed E-state index contributed by atoms with van der Waals surface area (Å²) in [5, 5.41) is 4.04. The number of nitrogen functional groups attached to an aromatic ring is 1. The number of hydrogen-bond donors (Lipinski definition) is 1. The van der Waals surface area contributed by atoms with Gasteiger partial charge < -0.3 is 10.3 Å². The molecule has 24 heavy (non-hydrogen) atoms. The van der Waals surface area contributed by atoms with Crippen molar-refractivity contribution in [1.82, 2.24) is 30.0 Å². The van der Waals surface area contributed by atoms with E-state index in [1.807, 2.05) is 24.4 Å². The standard InChI is InChI=1S/C16H17N7O/c17-14-12(8-18-10-20-14)15-21-16(24-22-15)13-5-3-7-23(13)9-11-4-1-2-6-19-11/h1-2,4,6,8,10,13H,3,5,7,9H2,(H2,17,18,20)/t13-/m0/s1. The van der Waals surface area contributed by atoms with Crippen molar-refractivity contribution in [2.75, 3.05) is 12.3 Å². The van der Waals surface area contributed by atoms with Gasteiger partial charge in [-0.1, -0.05) is 11.2 Å². The van der Waals surface area contributed by atoms with Crippen molar-refractivity contribution in [2.24, 2.45) is 0 Å². The van der Waals surface area contributed by atoms with Crippen LogP contribution in [0.2, 0.25) is 0 Å².